The number of benzene rings is 2. The van der Waals surface area contributed by atoms with Crippen molar-refractivity contribution < 1.29 is 22.4 Å². The third-order valence-corrected chi connectivity index (χ3v) is 3.34. The molecular formula is C14H8BrF4NO. The zero-order chi connectivity index (χ0) is 15.6. The summed E-state index contributed by atoms with van der Waals surface area (Å²) in [5, 5.41) is 2.24. The van der Waals surface area contributed by atoms with E-state index in [-0.39, 0.29) is 15.7 Å². The predicted molar refractivity (Wildman–Crippen MR) is 73.5 cm³/mol. The Hall–Kier alpha value is -1.89. The van der Waals surface area contributed by atoms with Crippen LogP contribution in [0.25, 0.3) is 0 Å². The summed E-state index contributed by atoms with van der Waals surface area (Å²) in [5.74, 6) is -1.56. The van der Waals surface area contributed by atoms with Crippen LogP contribution in [0.2, 0.25) is 0 Å². The lowest BCUT2D eigenvalue weighted by Gasteiger charge is -2.12. The van der Waals surface area contributed by atoms with Crippen molar-refractivity contribution in [3.63, 3.8) is 0 Å². The van der Waals surface area contributed by atoms with Crippen LogP contribution in [0, 0.1) is 5.82 Å². The van der Waals surface area contributed by atoms with Gasteiger partial charge in [-0.1, -0.05) is 28.1 Å². The van der Waals surface area contributed by atoms with Crippen LogP contribution in [0.5, 0.6) is 0 Å². The van der Waals surface area contributed by atoms with Gasteiger partial charge in [0.05, 0.1) is 11.1 Å². The van der Waals surface area contributed by atoms with Crippen LogP contribution in [0.4, 0.5) is 23.2 Å². The molecule has 110 valence electrons. The molecule has 1 amide bonds. The number of hydrogen-bond donors (Lipinski definition) is 1. The van der Waals surface area contributed by atoms with Gasteiger partial charge in [0, 0.05) is 10.2 Å². The van der Waals surface area contributed by atoms with E-state index in [1.807, 2.05) is 0 Å². The fourth-order valence-corrected chi connectivity index (χ4v) is 2.14. The minimum absolute atomic E-state index is 0.0706. The fourth-order valence-electron chi connectivity index (χ4n) is 1.66. The first-order chi connectivity index (χ1) is 9.79. The largest absolute Gasteiger partial charge is 0.417 e. The van der Waals surface area contributed by atoms with Crippen molar-refractivity contribution in [2.75, 3.05) is 5.32 Å². The Bertz CT molecular complexity index is 685. The molecule has 0 bridgehead atoms. The molecule has 0 aliphatic heterocycles. The molecule has 2 aromatic rings. The third-order valence-electron chi connectivity index (χ3n) is 2.65. The number of alkyl halides is 3. The summed E-state index contributed by atoms with van der Waals surface area (Å²) in [7, 11) is 0. The quantitative estimate of drug-likeness (QED) is 0.760. The number of amides is 1. The lowest BCUT2D eigenvalue weighted by molar-refractivity contribution is -0.138. The standard InChI is InChI=1S/C14H8BrF4NO/c15-11-6-5-8(7-10(11)14(17,18)19)20-13(21)9-3-1-2-4-12(9)16/h1-7H,(H,20,21). The van der Waals surface area contributed by atoms with E-state index in [0.717, 1.165) is 12.1 Å². The van der Waals surface area contributed by atoms with Crippen LogP contribution in [0.3, 0.4) is 0 Å². The molecule has 0 aliphatic rings. The van der Waals surface area contributed by atoms with Gasteiger partial charge in [0.15, 0.2) is 0 Å². The van der Waals surface area contributed by atoms with Crippen LogP contribution in [-0.4, -0.2) is 5.91 Å². The van der Waals surface area contributed by atoms with Gasteiger partial charge in [0.2, 0.25) is 0 Å². The van der Waals surface area contributed by atoms with E-state index in [1.54, 1.807) is 0 Å². The summed E-state index contributed by atoms with van der Waals surface area (Å²) in [6.07, 6.45) is -4.56. The van der Waals surface area contributed by atoms with Crippen LogP contribution in [-0.2, 0) is 6.18 Å². The first-order valence-corrected chi connectivity index (χ1v) is 6.51. The Morgan fingerprint density at radius 2 is 1.76 bits per heavy atom. The van der Waals surface area contributed by atoms with Gasteiger partial charge in [-0.3, -0.25) is 4.79 Å². The minimum Gasteiger partial charge on any atom is -0.322 e. The molecule has 1 N–H and O–H groups in total. The van der Waals surface area contributed by atoms with Gasteiger partial charge < -0.3 is 5.32 Å². The smallest absolute Gasteiger partial charge is 0.322 e. The highest BCUT2D eigenvalue weighted by molar-refractivity contribution is 9.10. The summed E-state index contributed by atoms with van der Waals surface area (Å²) >= 11 is 2.80. The van der Waals surface area contributed by atoms with E-state index in [4.69, 9.17) is 0 Å². The number of anilines is 1. The second-order valence-electron chi connectivity index (χ2n) is 4.13. The molecule has 0 spiro atoms. The maximum Gasteiger partial charge on any atom is 0.417 e. The van der Waals surface area contributed by atoms with Crippen LogP contribution in [0.1, 0.15) is 15.9 Å². The van der Waals surface area contributed by atoms with Crippen molar-refractivity contribution in [1.82, 2.24) is 0 Å². The lowest BCUT2D eigenvalue weighted by atomic mass is 10.1. The number of nitrogens with one attached hydrogen (secondary N) is 1. The molecule has 0 unspecified atom stereocenters. The summed E-state index contributed by atoms with van der Waals surface area (Å²) in [6, 6.07) is 8.45. The topological polar surface area (TPSA) is 29.1 Å². The van der Waals surface area contributed by atoms with E-state index in [2.05, 4.69) is 21.2 Å². The van der Waals surface area contributed by atoms with Crippen molar-refractivity contribution in [1.29, 1.82) is 0 Å². The summed E-state index contributed by atoms with van der Waals surface area (Å²) in [4.78, 5) is 11.8. The number of rotatable bonds is 2. The van der Waals surface area contributed by atoms with Crippen molar-refractivity contribution in [3.05, 3.63) is 63.9 Å². The van der Waals surface area contributed by atoms with Crippen molar-refractivity contribution in [3.8, 4) is 0 Å². The second-order valence-corrected chi connectivity index (χ2v) is 4.98. The van der Waals surface area contributed by atoms with E-state index in [1.165, 1.54) is 30.3 Å². The van der Waals surface area contributed by atoms with Gasteiger partial charge in [0.25, 0.3) is 5.91 Å². The van der Waals surface area contributed by atoms with Crippen molar-refractivity contribution in [2.45, 2.75) is 6.18 Å². The highest BCUT2D eigenvalue weighted by Crippen LogP contribution is 2.36. The average molecular weight is 362 g/mol. The van der Waals surface area contributed by atoms with Gasteiger partial charge in [-0.05, 0) is 30.3 Å². The Morgan fingerprint density at radius 3 is 2.38 bits per heavy atom. The van der Waals surface area contributed by atoms with Gasteiger partial charge >= 0.3 is 6.18 Å². The summed E-state index contributed by atoms with van der Waals surface area (Å²) < 4.78 is 51.5. The Labute approximate surface area is 125 Å². The first-order valence-electron chi connectivity index (χ1n) is 5.71. The van der Waals surface area contributed by atoms with Gasteiger partial charge in [-0.25, -0.2) is 4.39 Å². The normalized spacial score (nSPS) is 11.3. The Kier molecular flexibility index (Phi) is 4.32. The highest BCUT2D eigenvalue weighted by Gasteiger charge is 2.33. The van der Waals surface area contributed by atoms with Gasteiger partial charge in [0.1, 0.15) is 5.82 Å². The van der Waals surface area contributed by atoms with E-state index in [0.29, 0.717) is 0 Å². The van der Waals surface area contributed by atoms with E-state index >= 15 is 0 Å². The van der Waals surface area contributed by atoms with Crippen LogP contribution in [0.15, 0.2) is 46.9 Å². The lowest BCUT2D eigenvalue weighted by Crippen LogP contribution is -2.14. The average Bonchev–Trinajstić information content (AvgIpc) is 2.40. The Morgan fingerprint density at radius 1 is 1.10 bits per heavy atom. The fraction of sp³-hybridized carbons (Fsp3) is 0.0714. The molecule has 0 heterocycles. The molecule has 0 atom stereocenters. The maximum atomic E-state index is 13.4. The van der Waals surface area contributed by atoms with E-state index < -0.39 is 23.5 Å². The van der Waals surface area contributed by atoms with Crippen molar-refractivity contribution >= 4 is 27.5 Å². The second kappa shape index (κ2) is 5.85. The number of carbonyl (C=O) groups excluding carboxylic acids is 1. The molecule has 0 saturated carbocycles. The Balaban J connectivity index is 2.29. The first kappa shape index (κ1) is 15.5. The van der Waals surface area contributed by atoms with Gasteiger partial charge in [-0.15, -0.1) is 0 Å². The molecule has 21 heavy (non-hydrogen) atoms. The summed E-state index contributed by atoms with van der Waals surface area (Å²) in [6.45, 7) is 0. The maximum absolute atomic E-state index is 13.4. The molecule has 0 radical (unpaired) electrons. The zero-order valence-corrected chi connectivity index (χ0v) is 11.9. The molecule has 0 aromatic heterocycles. The number of hydrogen-bond acceptors (Lipinski definition) is 1. The van der Waals surface area contributed by atoms with Gasteiger partial charge in [-0.2, -0.15) is 13.2 Å². The summed E-state index contributed by atoms with van der Waals surface area (Å²) in [5.41, 5.74) is -1.23. The number of halogens is 5. The predicted octanol–water partition coefficient (Wildman–Crippen LogP) is 4.86. The third kappa shape index (κ3) is 3.60. The zero-order valence-electron chi connectivity index (χ0n) is 10.3. The molecule has 2 aromatic carbocycles. The molecule has 2 rings (SSSR count). The monoisotopic (exact) mass is 361 g/mol. The minimum atomic E-state index is -4.56. The molecule has 0 saturated heterocycles. The van der Waals surface area contributed by atoms with Crippen LogP contribution < -0.4 is 5.32 Å². The molecular weight excluding hydrogens is 354 g/mol. The van der Waals surface area contributed by atoms with Crippen molar-refractivity contribution in [2.24, 2.45) is 0 Å². The SMILES string of the molecule is O=C(Nc1ccc(Br)c(C(F)(F)F)c1)c1ccccc1F. The molecule has 0 fully saturated rings. The molecule has 7 heteroatoms. The highest BCUT2D eigenvalue weighted by atomic mass is 79.9. The van der Waals surface area contributed by atoms with E-state index in [9.17, 15) is 22.4 Å². The van der Waals surface area contributed by atoms with Crippen LogP contribution >= 0.6 is 15.9 Å². The number of carbonyl (C=O) groups is 1. The molecule has 2 nitrogen and oxygen atoms in total. The molecule has 0 aliphatic carbocycles.